The summed E-state index contributed by atoms with van der Waals surface area (Å²) in [4.78, 5) is 29.8. The van der Waals surface area contributed by atoms with Crippen LogP contribution in [0.25, 0.3) is 0 Å². The zero-order valence-electron chi connectivity index (χ0n) is 20.5. The normalized spacial score (nSPS) is 14.4. The lowest BCUT2D eigenvalue weighted by molar-refractivity contribution is 0.0950. The summed E-state index contributed by atoms with van der Waals surface area (Å²) in [5, 5.41) is 5.95. The first kappa shape index (κ1) is 23.4. The number of likely N-dealkylation sites (N-methyl/N-ethyl adjacent to an activating group) is 1. The van der Waals surface area contributed by atoms with Crippen LogP contribution in [0.15, 0.2) is 90.1 Å². The molecule has 36 heavy (non-hydrogen) atoms. The fraction of sp³-hybridized carbons (Fsp3) is 0.200. The minimum Gasteiger partial charge on any atom is -0.348 e. The van der Waals surface area contributed by atoms with Gasteiger partial charge in [0, 0.05) is 42.1 Å². The van der Waals surface area contributed by atoms with Gasteiger partial charge in [-0.1, -0.05) is 18.2 Å². The molecule has 0 bridgehead atoms. The Morgan fingerprint density at radius 2 is 1.78 bits per heavy atom. The lowest BCUT2D eigenvalue weighted by Gasteiger charge is -2.25. The minimum absolute atomic E-state index is 0.169. The van der Waals surface area contributed by atoms with Crippen LogP contribution in [-0.2, 0) is 19.5 Å². The molecule has 3 aromatic carbocycles. The lowest BCUT2D eigenvalue weighted by Crippen LogP contribution is -2.26. The number of amides is 2. The first-order valence-electron chi connectivity index (χ1n) is 12.0. The van der Waals surface area contributed by atoms with E-state index in [9.17, 15) is 9.59 Å². The highest BCUT2D eigenvalue weighted by Crippen LogP contribution is 2.23. The van der Waals surface area contributed by atoms with Gasteiger partial charge >= 0.3 is 0 Å². The molecule has 0 aliphatic carbocycles. The van der Waals surface area contributed by atoms with Crippen molar-refractivity contribution >= 4 is 23.2 Å². The highest BCUT2D eigenvalue weighted by atomic mass is 16.2. The standard InChI is InChI=1S/C30H28N4O2/c1-21-5-4-15-34(21)28-12-9-24(10-13-28)29(35)31-19-22-6-3-7-25(17-22)30(36)32-27-11-8-23-14-16-33(2)20-26(23)18-27/h3,6-13,15,17-18H,14,16,19-20H2,1-2H3,(H,31,35)(H,32,36). The molecule has 0 fully saturated rings. The van der Waals surface area contributed by atoms with Gasteiger partial charge in [0.05, 0.1) is 11.9 Å². The van der Waals surface area contributed by atoms with Crippen LogP contribution in [0.5, 0.6) is 0 Å². The molecule has 0 atom stereocenters. The van der Waals surface area contributed by atoms with E-state index in [4.69, 9.17) is 0 Å². The second-order valence-electron chi connectivity index (χ2n) is 9.21. The van der Waals surface area contributed by atoms with Crippen molar-refractivity contribution in [2.24, 2.45) is 0 Å². The van der Waals surface area contributed by atoms with Gasteiger partial charge in [0.25, 0.3) is 11.8 Å². The third-order valence-corrected chi connectivity index (χ3v) is 6.53. The van der Waals surface area contributed by atoms with Gasteiger partial charge in [-0.2, -0.15) is 0 Å². The molecule has 0 aromatic heterocycles. The quantitative estimate of drug-likeness (QED) is 0.500. The van der Waals surface area contributed by atoms with Gasteiger partial charge in [-0.25, -0.2) is 0 Å². The maximum absolute atomic E-state index is 12.9. The largest absolute Gasteiger partial charge is 0.348 e. The van der Waals surface area contributed by atoms with E-state index in [1.54, 1.807) is 18.2 Å². The predicted molar refractivity (Wildman–Crippen MR) is 142 cm³/mol. The van der Waals surface area contributed by atoms with Crippen LogP contribution in [0, 0.1) is 0 Å². The molecule has 6 nitrogen and oxygen atoms in total. The summed E-state index contributed by atoms with van der Waals surface area (Å²) in [6, 6.07) is 20.8. The number of benzene rings is 3. The van der Waals surface area contributed by atoms with Gasteiger partial charge in [-0.15, -0.1) is 0 Å². The van der Waals surface area contributed by atoms with Gasteiger partial charge in [-0.3, -0.25) is 9.59 Å². The van der Waals surface area contributed by atoms with Crippen molar-refractivity contribution in [2.45, 2.75) is 26.4 Å². The SMILES string of the molecule is CC1=C=C=CN1c1ccc(C(=O)NCc2cccc(C(=O)Nc3ccc4c(c3)CN(C)CC4)c2)cc1. The molecule has 0 unspecified atom stereocenters. The second-order valence-corrected chi connectivity index (χ2v) is 9.21. The Balaban J connectivity index is 1.19. The van der Waals surface area contributed by atoms with E-state index in [1.807, 2.05) is 54.4 Å². The van der Waals surface area contributed by atoms with Crippen molar-refractivity contribution in [1.82, 2.24) is 10.2 Å². The Kier molecular flexibility index (Phi) is 6.57. The number of rotatable bonds is 6. The third-order valence-electron chi connectivity index (χ3n) is 6.53. The molecule has 0 saturated carbocycles. The van der Waals surface area contributed by atoms with Crippen molar-refractivity contribution in [1.29, 1.82) is 0 Å². The summed E-state index contributed by atoms with van der Waals surface area (Å²) in [6.45, 7) is 4.23. The van der Waals surface area contributed by atoms with E-state index < -0.39 is 0 Å². The number of fused-ring (bicyclic) bond motifs is 1. The van der Waals surface area contributed by atoms with Gasteiger partial charge in [0.2, 0.25) is 0 Å². The van der Waals surface area contributed by atoms with E-state index in [2.05, 4.69) is 46.2 Å². The molecule has 0 saturated heterocycles. The summed E-state index contributed by atoms with van der Waals surface area (Å²) < 4.78 is 0. The molecular formula is C30H28N4O2. The van der Waals surface area contributed by atoms with E-state index in [0.29, 0.717) is 17.7 Å². The fourth-order valence-electron chi connectivity index (χ4n) is 4.49. The fourth-order valence-corrected chi connectivity index (χ4v) is 4.49. The predicted octanol–water partition coefficient (Wildman–Crippen LogP) is 4.85. The lowest BCUT2D eigenvalue weighted by atomic mass is 9.99. The van der Waals surface area contributed by atoms with Crippen LogP contribution in [0.2, 0.25) is 0 Å². The van der Waals surface area contributed by atoms with Crippen molar-refractivity contribution in [3.63, 3.8) is 0 Å². The molecule has 3 aromatic rings. The van der Waals surface area contributed by atoms with Gasteiger partial charge in [-0.05, 0) is 97.1 Å². The van der Waals surface area contributed by atoms with Gasteiger partial charge in [0.15, 0.2) is 0 Å². The topological polar surface area (TPSA) is 64.7 Å². The number of carbonyl (C=O) groups is 2. The monoisotopic (exact) mass is 476 g/mol. The number of allylic oxidation sites excluding steroid dienone is 1. The van der Waals surface area contributed by atoms with Gasteiger partial charge in [0.1, 0.15) is 0 Å². The number of nitrogens with zero attached hydrogens (tertiary/aromatic N) is 2. The smallest absolute Gasteiger partial charge is 0.255 e. The summed E-state index contributed by atoms with van der Waals surface area (Å²) in [5.41, 5.74) is 13.2. The zero-order valence-corrected chi connectivity index (χ0v) is 20.5. The average molecular weight is 477 g/mol. The number of nitrogens with one attached hydrogen (secondary N) is 2. The number of hydrogen-bond acceptors (Lipinski definition) is 4. The number of hydrogen-bond donors (Lipinski definition) is 2. The molecule has 2 aliphatic heterocycles. The highest BCUT2D eigenvalue weighted by molar-refractivity contribution is 6.04. The van der Waals surface area contributed by atoms with Crippen LogP contribution >= 0.6 is 0 Å². The number of carbonyl (C=O) groups excluding carboxylic acids is 2. The molecule has 2 heterocycles. The Bertz CT molecular complexity index is 1430. The van der Waals surface area contributed by atoms with Crippen molar-refractivity contribution in [3.8, 4) is 0 Å². The first-order valence-corrected chi connectivity index (χ1v) is 12.0. The molecule has 2 N–H and O–H groups in total. The maximum Gasteiger partial charge on any atom is 0.255 e. The molecule has 0 spiro atoms. The van der Waals surface area contributed by atoms with Crippen LogP contribution < -0.4 is 15.5 Å². The summed E-state index contributed by atoms with van der Waals surface area (Å²) in [6.07, 6.45) is 2.85. The zero-order chi connectivity index (χ0) is 25.1. The minimum atomic E-state index is -0.169. The Labute approximate surface area is 211 Å². The van der Waals surface area contributed by atoms with Crippen molar-refractivity contribution in [3.05, 3.63) is 118 Å². The van der Waals surface area contributed by atoms with E-state index in [-0.39, 0.29) is 11.8 Å². The summed E-state index contributed by atoms with van der Waals surface area (Å²) in [5.74, 6) is -0.338. The summed E-state index contributed by atoms with van der Waals surface area (Å²) in [7, 11) is 2.11. The van der Waals surface area contributed by atoms with Crippen LogP contribution in [0.4, 0.5) is 11.4 Å². The highest BCUT2D eigenvalue weighted by Gasteiger charge is 2.15. The van der Waals surface area contributed by atoms with Crippen LogP contribution in [0.3, 0.4) is 0 Å². The first-order chi connectivity index (χ1) is 17.5. The Hall–Kier alpha value is -4.34. The molecule has 2 amide bonds. The van der Waals surface area contributed by atoms with Gasteiger partial charge < -0.3 is 20.4 Å². The summed E-state index contributed by atoms with van der Waals surface area (Å²) >= 11 is 0. The van der Waals surface area contributed by atoms with Crippen LogP contribution in [-0.4, -0.2) is 30.3 Å². The molecule has 2 aliphatic rings. The Morgan fingerprint density at radius 1 is 0.944 bits per heavy atom. The van der Waals surface area contributed by atoms with Crippen molar-refractivity contribution < 1.29 is 9.59 Å². The molecular weight excluding hydrogens is 448 g/mol. The molecule has 5 rings (SSSR count). The van der Waals surface area contributed by atoms with E-state index in [1.165, 1.54) is 11.1 Å². The number of anilines is 2. The molecule has 0 radical (unpaired) electrons. The molecule has 6 heteroatoms. The third kappa shape index (κ3) is 5.17. The van der Waals surface area contributed by atoms with E-state index >= 15 is 0 Å². The van der Waals surface area contributed by atoms with E-state index in [0.717, 1.165) is 42.1 Å². The Morgan fingerprint density at radius 3 is 2.56 bits per heavy atom. The van der Waals surface area contributed by atoms with Crippen LogP contribution in [0.1, 0.15) is 44.3 Å². The second kappa shape index (κ2) is 10.1. The maximum atomic E-state index is 12.9. The van der Waals surface area contributed by atoms with Crippen molar-refractivity contribution in [2.75, 3.05) is 23.8 Å². The molecule has 180 valence electrons. The average Bonchev–Trinajstić information content (AvgIpc) is 3.33.